The molecule has 2 rings (SSSR count). The maximum absolute atomic E-state index is 5.14. The number of benzene rings is 1. The summed E-state index contributed by atoms with van der Waals surface area (Å²) in [6, 6.07) is 8.03. The molecule has 1 heterocycles. The first-order valence-corrected chi connectivity index (χ1v) is 6.61. The van der Waals surface area contributed by atoms with Crippen LogP contribution in [-0.2, 0) is 6.54 Å². The Morgan fingerprint density at radius 3 is 2.88 bits per heavy atom. The quantitative estimate of drug-likeness (QED) is 0.916. The molecular formula is C12H12BrNOS. The summed E-state index contributed by atoms with van der Waals surface area (Å²) >= 11 is 5.23. The highest BCUT2D eigenvalue weighted by Gasteiger charge is 2.01. The Morgan fingerprint density at radius 2 is 2.25 bits per heavy atom. The number of nitrogens with one attached hydrogen (secondary N) is 1. The minimum Gasteiger partial charge on any atom is -0.497 e. The van der Waals surface area contributed by atoms with E-state index >= 15 is 0 Å². The summed E-state index contributed by atoms with van der Waals surface area (Å²) in [4.78, 5) is 0. The SMILES string of the molecule is COc1ccc(NCc2ccsc2)c(Br)c1. The van der Waals surface area contributed by atoms with Gasteiger partial charge >= 0.3 is 0 Å². The zero-order chi connectivity index (χ0) is 11.4. The standard InChI is InChI=1S/C12H12BrNOS/c1-15-10-2-3-12(11(13)6-10)14-7-9-4-5-16-8-9/h2-6,8,14H,7H2,1H3. The van der Waals surface area contributed by atoms with Gasteiger partial charge in [-0.1, -0.05) is 0 Å². The maximum Gasteiger partial charge on any atom is 0.120 e. The van der Waals surface area contributed by atoms with E-state index < -0.39 is 0 Å². The summed E-state index contributed by atoms with van der Waals surface area (Å²) in [7, 11) is 1.67. The smallest absolute Gasteiger partial charge is 0.120 e. The third kappa shape index (κ3) is 2.77. The molecular weight excluding hydrogens is 286 g/mol. The van der Waals surface area contributed by atoms with E-state index in [1.807, 2.05) is 18.2 Å². The van der Waals surface area contributed by atoms with Crippen LogP contribution in [0.3, 0.4) is 0 Å². The van der Waals surface area contributed by atoms with Gasteiger partial charge in [0.1, 0.15) is 5.75 Å². The molecule has 0 aliphatic rings. The highest BCUT2D eigenvalue weighted by molar-refractivity contribution is 9.10. The van der Waals surface area contributed by atoms with Gasteiger partial charge in [0.2, 0.25) is 0 Å². The highest BCUT2D eigenvalue weighted by atomic mass is 79.9. The molecule has 0 aliphatic carbocycles. The Hall–Kier alpha value is -1.00. The van der Waals surface area contributed by atoms with Gasteiger partial charge in [0, 0.05) is 16.7 Å². The molecule has 2 nitrogen and oxygen atoms in total. The number of rotatable bonds is 4. The average molecular weight is 298 g/mol. The molecule has 16 heavy (non-hydrogen) atoms. The predicted octanol–water partition coefficient (Wildman–Crippen LogP) is 4.13. The lowest BCUT2D eigenvalue weighted by Gasteiger charge is -2.09. The van der Waals surface area contributed by atoms with Crippen molar-refractivity contribution in [3.8, 4) is 5.75 Å². The van der Waals surface area contributed by atoms with E-state index in [4.69, 9.17) is 4.74 Å². The Labute approximate surface area is 107 Å². The number of halogens is 1. The number of anilines is 1. The molecule has 0 spiro atoms. The molecule has 0 atom stereocenters. The monoisotopic (exact) mass is 297 g/mol. The van der Waals surface area contributed by atoms with E-state index in [-0.39, 0.29) is 0 Å². The first-order valence-electron chi connectivity index (χ1n) is 4.88. The summed E-state index contributed by atoms with van der Waals surface area (Å²) in [5, 5.41) is 7.60. The molecule has 0 aliphatic heterocycles. The van der Waals surface area contributed by atoms with Crippen molar-refractivity contribution in [1.29, 1.82) is 0 Å². The first-order chi connectivity index (χ1) is 7.79. The molecule has 0 saturated carbocycles. The minimum absolute atomic E-state index is 0.842. The molecule has 0 fully saturated rings. The predicted molar refractivity (Wildman–Crippen MR) is 72.3 cm³/mol. The average Bonchev–Trinajstić information content (AvgIpc) is 2.80. The third-order valence-electron chi connectivity index (χ3n) is 2.24. The second-order valence-electron chi connectivity index (χ2n) is 3.33. The largest absolute Gasteiger partial charge is 0.497 e. The lowest BCUT2D eigenvalue weighted by molar-refractivity contribution is 0.414. The Kier molecular flexibility index (Phi) is 3.85. The molecule has 0 saturated heterocycles. The van der Waals surface area contributed by atoms with E-state index in [0.717, 1.165) is 22.5 Å². The Balaban J connectivity index is 2.04. The molecule has 0 unspecified atom stereocenters. The summed E-state index contributed by atoms with van der Waals surface area (Å²) in [5.41, 5.74) is 2.37. The fraction of sp³-hybridized carbons (Fsp3) is 0.167. The van der Waals surface area contributed by atoms with Crippen LogP contribution in [0.1, 0.15) is 5.56 Å². The van der Waals surface area contributed by atoms with E-state index in [2.05, 4.69) is 38.1 Å². The van der Waals surface area contributed by atoms with E-state index in [9.17, 15) is 0 Å². The van der Waals surface area contributed by atoms with Crippen molar-refractivity contribution in [2.24, 2.45) is 0 Å². The van der Waals surface area contributed by atoms with Crippen molar-refractivity contribution in [2.45, 2.75) is 6.54 Å². The number of hydrogen-bond donors (Lipinski definition) is 1. The summed E-state index contributed by atoms with van der Waals surface area (Å²) in [5.74, 6) is 0.855. The van der Waals surface area contributed by atoms with Crippen LogP contribution < -0.4 is 10.1 Å². The number of ether oxygens (including phenoxy) is 1. The lowest BCUT2D eigenvalue weighted by Crippen LogP contribution is -1.98. The van der Waals surface area contributed by atoms with Crippen LogP contribution in [0.15, 0.2) is 39.5 Å². The Morgan fingerprint density at radius 1 is 1.38 bits per heavy atom. The molecule has 1 aromatic heterocycles. The zero-order valence-electron chi connectivity index (χ0n) is 8.87. The van der Waals surface area contributed by atoms with Crippen molar-refractivity contribution < 1.29 is 4.74 Å². The second-order valence-corrected chi connectivity index (χ2v) is 4.97. The van der Waals surface area contributed by atoms with Gasteiger partial charge in [-0.05, 0) is 56.5 Å². The van der Waals surface area contributed by atoms with Gasteiger partial charge in [-0.3, -0.25) is 0 Å². The molecule has 2 aromatic rings. The van der Waals surface area contributed by atoms with Gasteiger partial charge in [-0.2, -0.15) is 11.3 Å². The van der Waals surface area contributed by atoms with Crippen LogP contribution in [0, 0.1) is 0 Å². The normalized spacial score (nSPS) is 10.1. The summed E-state index contributed by atoms with van der Waals surface area (Å²) in [6.45, 7) is 0.842. The van der Waals surface area contributed by atoms with Gasteiger partial charge in [0.25, 0.3) is 0 Å². The minimum atomic E-state index is 0.842. The summed E-state index contributed by atoms with van der Waals surface area (Å²) < 4.78 is 6.16. The van der Waals surface area contributed by atoms with Crippen molar-refractivity contribution in [1.82, 2.24) is 0 Å². The molecule has 0 radical (unpaired) electrons. The van der Waals surface area contributed by atoms with Crippen molar-refractivity contribution in [3.63, 3.8) is 0 Å². The topological polar surface area (TPSA) is 21.3 Å². The molecule has 0 amide bonds. The van der Waals surface area contributed by atoms with E-state index in [1.165, 1.54) is 5.56 Å². The van der Waals surface area contributed by atoms with Crippen LogP contribution in [0.4, 0.5) is 5.69 Å². The third-order valence-corrected chi connectivity index (χ3v) is 3.63. The van der Waals surface area contributed by atoms with Gasteiger partial charge < -0.3 is 10.1 Å². The molecule has 0 bridgehead atoms. The van der Waals surface area contributed by atoms with Crippen molar-refractivity contribution in [2.75, 3.05) is 12.4 Å². The fourth-order valence-electron chi connectivity index (χ4n) is 1.36. The van der Waals surface area contributed by atoms with E-state index in [1.54, 1.807) is 18.4 Å². The second kappa shape index (κ2) is 5.37. The van der Waals surface area contributed by atoms with Gasteiger partial charge in [-0.15, -0.1) is 0 Å². The number of thiophene rings is 1. The Bertz CT molecular complexity index is 456. The van der Waals surface area contributed by atoms with Gasteiger partial charge in [0.15, 0.2) is 0 Å². The number of methoxy groups -OCH3 is 1. The first kappa shape index (κ1) is 11.5. The molecule has 1 aromatic carbocycles. The van der Waals surface area contributed by atoms with Crippen molar-refractivity contribution in [3.05, 3.63) is 45.1 Å². The van der Waals surface area contributed by atoms with Gasteiger partial charge in [-0.25, -0.2) is 0 Å². The summed E-state index contributed by atoms with van der Waals surface area (Å²) in [6.07, 6.45) is 0. The fourth-order valence-corrected chi connectivity index (χ4v) is 2.52. The van der Waals surface area contributed by atoms with Crippen LogP contribution >= 0.6 is 27.3 Å². The maximum atomic E-state index is 5.14. The van der Waals surface area contributed by atoms with Crippen molar-refractivity contribution >= 4 is 33.0 Å². The van der Waals surface area contributed by atoms with Crippen LogP contribution in [0.5, 0.6) is 5.75 Å². The van der Waals surface area contributed by atoms with Gasteiger partial charge in [0.05, 0.1) is 7.11 Å². The molecule has 84 valence electrons. The highest BCUT2D eigenvalue weighted by Crippen LogP contribution is 2.27. The lowest BCUT2D eigenvalue weighted by atomic mass is 10.3. The van der Waals surface area contributed by atoms with Crippen LogP contribution in [0.2, 0.25) is 0 Å². The van der Waals surface area contributed by atoms with Crippen LogP contribution in [0.25, 0.3) is 0 Å². The van der Waals surface area contributed by atoms with E-state index in [0.29, 0.717) is 0 Å². The molecule has 1 N–H and O–H groups in total. The molecule has 4 heteroatoms. The number of hydrogen-bond acceptors (Lipinski definition) is 3. The zero-order valence-corrected chi connectivity index (χ0v) is 11.3. The van der Waals surface area contributed by atoms with Crippen LogP contribution in [-0.4, -0.2) is 7.11 Å².